The van der Waals surface area contributed by atoms with Crippen molar-refractivity contribution < 1.29 is 12.9 Å². The SMILES string of the molecule is Cc1c(CN2CC3(C2)CN(S(C)(=O)=O)CC3c2nc(C3CC3)no2)cnn1C. The fraction of sp³-hybridized carbons (Fsp3) is 0.722. The zero-order valence-electron chi connectivity index (χ0n) is 16.5. The van der Waals surface area contributed by atoms with Crippen LogP contribution in [0.15, 0.2) is 10.7 Å². The first kappa shape index (κ1) is 18.3. The number of rotatable bonds is 5. The molecule has 1 saturated carbocycles. The second-order valence-electron chi connectivity index (χ2n) is 8.76. The first-order chi connectivity index (χ1) is 13.2. The molecule has 0 radical (unpaired) electrons. The van der Waals surface area contributed by atoms with Crippen molar-refractivity contribution in [1.82, 2.24) is 29.1 Å². The molecule has 2 aromatic rings. The summed E-state index contributed by atoms with van der Waals surface area (Å²) in [5.74, 6) is 1.76. The molecule has 1 aliphatic carbocycles. The number of nitrogens with zero attached hydrogens (tertiary/aromatic N) is 6. The second kappa shape index (κ2) is 6.11. The van der Waals surface area contributed by atoms with Gasteiger partial charge in [-0.25, -0.2) is 12.7 Å². The minimum Gasteiger partial charge on any atom is -0.339 e. The van der Waals surface area contributed by atoms with Gasteiger partial charge in [0.05, 0.1) is 18.4 Å². The molecule has 0 N–H and O–H groups in total. The van der Waals surface area contributed by atoms with E-state index in [9.17, 15) is 8.42 Å². The van der Waals surface area contributed by atoms with E-state index in [1.54, 1.807) is 4.31 Å². The summed E-state index contributed by atoms with van der Waals surface area (Å²) in [7, 11) is -1.31. The van der Waals surface area contributed by atoms with Gasteiger partial charge in [-0.3, -0.25) is 9.58 Å². The Morgan fingerprint density at radius 2 is 2.04 bits per heavy atom. The molecule has 5 rings (SSSR count). The lowest BCUT2D eigenvalue weighted by Crippen LogP contribution is -2.59. The summed E-state index contributed by atoms with van der Waals surface area (Å²) >= 11 is 0. The largest absolute Gasteiger partial charge is 0.339 e. The van der Waals surface area contributed by atoms with E-state index in [2.05, 4.69) is 27.1 Å². The maximum atomic E-state index is 12.2. The minimum absolute atomic E-state index is 0.0477. The highest BCUT2D eigenvalue weighted by Gasteiger charge is 2.58. The molecule has 0 aromatic carbocycles. The zero-order valence-corrected chi connectivity index (χ0v) is 17.3. The molecule has 9 nitrogen and oxygen atoms in total. The van der Waals surface area contributed by atoms with Crippen LogP contribution in [-0.4, -0.2) is 70.0 Å². The summed E-state index contributed by atoms with van der Waals surface area (Å²) in [5.41, 5.74) is 2.21. The van der Waals surface area contributed by atoms with Gasteiger partial charge >= 0.3 is 0 Å². The monoisotopic (exact) mass is 406 g/mol. The molecule has 1 unspecified atom stereocenters. The molecule has 2 aromatic heterocycles. The van der Waals surface area contributed by atoms with Crippen LogP contribution < -0.4 is 0 Å². The Labute approximate surface area is 164 Å². The van der Waals surface area contributed by atoms with Crippen molar-refractivity contribution in [2.45, 2.75) is 38.1 Å². The predicted molar refractivity (Wildman–Crippen MR) is 101 cm³/mol. The van der Waals surface area contributed by atoms with E-state index >= 15 is 0 Å². The molecule has 3 fully saturated rings. The maximum Gasteiger partial charge on any atom is 0.231 e. The number of aryl methyl sites for hydroxylation is 1. The van der Waals surface area contributed by atoms with Crippen LogP contribution in [0.4, 0.5) is 0 Å². The van der Waals surface area contributed by atoms with Gasteiger partial charge in [-0.1, -0.05) is 5.16 Å². The van der Waals surface area contributed by atoms with Gasteiger partial charge in [0.15, 0.2) is 5.82 Å². The number of hydrogen-bond acceptors (Lipinski definition) is 7. The third-order valence-corrected chi connectivity index (χ3v) is 7.81. The number of hydrogen-bond donors (Lipinski definition) is 0. The average molecular weight is 407 g/mol. The van der Waals surface area contributed by atoms with Crippen LogP contribution in [0.5, 0.6) is 0 Å². The van der Waals surface area contributed by atoms with E-state index in [0.29, 0.717) is 24.9 Å². The molecule has 0 bridgehead atoms. The molecule has 0 amide bonds. The van der Waals surface area contributed by atoms with Crippen molar-refractivity contribution in [2.75, 3.05) is 32.4 Å². The molecule has 1 atom stereocenters. The Morgan fingerprint density at radius 3 is 2.64 bits per heavy atom. The van der Waals surface area contributed by atoms with Crippen molar-refractivity contribution in [3.05, 3.63) is 29.2 Å². The third kappa shape index (κ3) is 2.98. The van der Waals surface area contributed by atoms with E-state index in [4.69, 9.17) is 4.52 Å². The summed E-state index contributed by atoms with van der Waals surface area (Å²) < 4.78 is 33.5. The van der Waals surface area contributed by atoms with Crippen LogP contribution in [0.25, 0.3) is 0 Å². The van der Waals surface area contributed by atoms with Crippen LogP contribution >= 0.6 is 0 Å². The Kier molecular flexibility index (Phi) is 3.98. The molecule has 10 heteroatoms. The van der Waals surface area contributed by atoms with Crippen LogP contribution in [0, 0.1) is 12.3 Å². The molecule has 3 aliphatic rings. The first-order valence-electron chi connectivity index (χ1n) is 9.74. The van der Waals surface area contributed by atoms with Gasteiger partial charge < -0.3 is 4.52 Å². The van der Waals surface area contributed by atoms with Crippen LogP contribution in [0.2, 0.25) is 0 Å². The normalized spacial score (nSPS) is 25.5. The molecular formula is C18H26N6O3S. The maximum absolute atomic E-state index is 12.2. The summed E-state index contributed by atoms with van der Waals surface area (Å²) in [5, 5.41) is 8.47. The Bertz CT molecular complexity index is 1000. The predicted octanol–water partition coefficient (Wildman–Crippen LogP) is 0.850. The smallest absolute Gasteiger partial charge is 0.231 e. The zero-order chi connectivity index (χ0) is 19.7. The summed E-state index contributed by atoms with van der Waals surface area (Å²) in [6.07, 6.45) is 5.42. The number of aromatic nitrogens is 4. The minimum atomic E-state index is -3.26. The standard InChI is InChI=1S/C18H26N6O3S/c1-12-14(6-19-22(12)2)7-23-9-18(10-23)11-24(28(3,25)26)8-15(18)17-20-16(21-27-17)13-4-5-13/h6,13,15H,4-5,7-11H2,1-3H3. The number of sulfonamides is 1. The van der Waals surface area contributed by atoms with Crippen molar-refractivity contribution in [3.8, 4) is 0 Å². The molecule has 28 heavy (non-hydrogen) atoms. The summed E-state index contributed by atoms with van der Waals surface area (Å²) in [6.45, 7) is 5.47. The van der Waals surface area contributed by atoms with Crippen LogP contribution in [-0.2, 0) is 23.6 Å². The lowest BCUT2D eigenvalue weighted by atomic mass is 9.71. The third-order valence-electron chi connectivity index (χ3n) is 6.59. The fourth-order valence-electron chi connectivity index (χ4n) is 4.63. The second-order valence-corrected chi connectivity index (χ2v) is 10.7. The van der Waals surface area contributed by atoms with E-state index in [-0.39, 0.29) is 11.3 Å². The first-order valence-corrected chi connectivity index (χ1v) is 11.6. The van der Waals surface area contributed by atoms with Gasteiger partial charge in [0.2, 0.25) is 15.9 Å². The highest BCUT2D eigenvalue weighted by molar-refractivity contribution is 7.88. The molecule has 152 valence electrons. The topological polar surface area (TPSA) is 97.4 Å². The molecule has 4 heterocycles. The van der Waals surface area contributed by atoms with Crippen LogP contribution in [0.1, 0.15) is 47.6 Å². The van der Waals surface area contributed by atoms with Crippen LogP contribution in [0.3, 0.4) is 0 Å². The highest BCUT2D eigenvalue weighted by atomic mass is 32.2. The molecular weight excluding hydrogens is 380 g/mol. The molecule has 2 aliphatic heterocycles. The summed E-state index contributed by atoms with van der Waals surface area (Å²) in [6, 6.07) is 0. The van der Waals surface area contributed by atoms with Gasteiger partial charge in [-0.15, -0.1) is 0 Å². The van der Waals surface area contributed by atoms with E-state index in [0.717, 1.165) is 44.0 Å². The van der Waals surface area contributed by atoms with Gasteiger partial charge in [-0.05, 0) is 19.8 Å². The van der Waals surface area contributed by atoms with Gasteiger partial charge in [0.25, 0.3) is 0 Å². The Morgan fingerprint density at radius 1 is 1.29 bits per heavy atom. The quantitative estimate of drug-likeness (QED) is 0.726. The van der Waals surface area contributed by atoms with Gasteiger partial charge in [0.1, 0.15) is 0 Å². The van der Waals surface area contributed by atoms with Crippen molar-refractivity contribution >= 4 is 10.0 Å². The summed E-state index contributed by atoms with van der Waals surface area (Å²) in [4.78, 5) is 6.99. The van der Waals surface area contributed by atoms with E-state index < -0.39 is 10.0 Å². The lowest BCUT2D eigenvalue weighted by Gasteiger charge is -2.50. The van der Waals surface area contributed by atoms with E-state index in [1.807, 2.05) is 17.9 Å². The Balaban J connectivity index is 1.37. The van der Waals surface area contributed by atoms with Crippen molar-refractivity contribution in [3.63, 3.8) is 0 Å². The molecule has 2 saturated heterocycles. The van der Waals surface area contributed by atoms with E-state index in [1.165, 1.54) is 11.8 Å². The van der Waals surface area contributed by atoms with Crippen molar-refractivity contribution in [1.29, 1.82) is 0 Å². The van der Waals surface area contributed by atoms with Gasteiger partial charge in [0, 0.05) is 62.4 Å². The van der Waals surface area contributed by atoms with Gasteiger partial charge in [-0.2, -0.15) is 10.1 Å². The fourth-order valence-corrected chi connectivity index (χ4v) is 5.54. The van der Waals surface area contributed by atoms with Crippen molar-refractivity contribution in [2.24, 2.45) is 12.5 Å². The molecule has 1 spiro atoms. The number of likely N-dealkylation sites (tertiary alicyclic amines) is 1. The lowest BCUT2D eigenvalue weighted by molar-refractivity contribution is -0.0118. The highest BCUT2D eigenvalue weighted by Crippen LogP contribution is 2.50. The Hall–Kier alpha value is -1.78. The average Bonchev–Trinajstić information content (AvgIpc) is 3.06.